The SMILES string of the molecule is CC(C)(CNC(=O)c1ccc(Cl)cn1)C(=O)O. The van der Waals surface area contributed by atoms with Crippen molar-refractivity contribution in [3.63, 3.8) is 0 Å². The van der Waals surface area contributed by atoms with E-state index in [-0.39, 0.29) is 12.2 Å². The number of nitrogens with zero attached hydrogens (tertiary/aromatic N) is 1. The molecule has 17 heavy (non-hydrogen) atoms. The average Bonchev–Trinajstić information content (AvgIpc) is 2.27. The van der Waals surface area contributed by atoms with Crippen LogP contribution in [-0.4, -0.2) is 28.5 Å². The molecular formula is C11H13ClN2O3. The standard InChI is InChI=1S/C11H13ClN2O3/c1-11(2,10(16)17)6-14-9(15)8-4-3-7(12)5-13-8/h3-5H,6H2,1-2H3,(H,14,15)(H,16,17). The molecule has 1 aromatic rings. The summed E-state index contributed by atoms with van der Waals surface area (Å²) < 4.78 is 0. The number of carbonyl (C=O) groups is 2. The molecule has 0 fully saturated rings. The zero-order valence-corrected chi connectivity index (χ0v) is 10.3. The highest BCUT2D eigenvalue weighted by Crippen LogP contribution is 2.13. The number of pyridine rings is 1. The molecule has 0 aromatic carbocycles. The van der Waals surface area contributed by atoms with Crippen molar-refractivity contribution in [1.29, 1.82) is 0 Å². The minimum atomic E-state index is -1.01. The van der Waals surface area contributed by atoms with Crippen molar-refractivity contribution in [1.82, 2.24) is 10.3 Å². The maximum atomic E-state index is 11.6. The first-order valence-corrected chi connectivity index (χ1v) is 5.34. The van der Waals surface area contributed by atoms with Crippen LogP contribution >= 0.6 is 11.6 Å². The first-order valence-electron chi connectivity index (χ1n) is 4.96. The minimum Gasteiger partial charge on any atom is -0.481 e. The molecule has 5 nitrogen and oxygen atoms in total. The Labute approximate surface area is 104 Å². The number of aliphatic carboxylic acids is 1. The molecule has 0 spiro atoms. The lowest BCUT2D eigenvalue weighted by molar-refractivity contribution is -0.146. The van der Waals surface area contributed by atoms with Gasteiger partial charge in [-0.05, 0) is 26.0 Å². The second kappa shape index (κ2) is 5.14. The third kappa shape index (κ3) is 3.71. The zero-order chi connectivity index (χ0) is 13.1. The topological polar surface area (TPSA) is 79.3 Å². The maximum absolute atomic E-state index is 11.6. The van der Waals surface area contributed by atoms with E-state index >= 15 is 0 Å². The van der Waals surface area contributed by atoms with Crippen LogP contribution in [0.25, 0.3) is 0 Å². The summed E-state index contributed by atoms with van der Waals surface area (Å²) in [5, 5.41) is 11.8. The molecule has 1 rings (SSSR count). The van der Waals surface area contributed by atoms with Crippen LogP contribution in [0.2, 0.25) is 5.02 Å². The van der Waals surface area contributed by atoms with Crippen LogP contribution in [0.15, 0.2) is 18.3 Å². The van der Waals surface area contributed by atoms with Crippen molar-refractivity contribution < 1.29 is 14.7 Å². The van der Waals surface area contributed by atoms with Gasteiger partial charge in [0.05, 0.1) is 10.4 Å². The van der Waals surface area contributed by atoms with Gasteiger partial charge in [0.15, 0.2) is 0 Å². The predicted octanol–water partition coefficient (Wildman–Crippen LogP) is 1.58. The summed E-state index contributed by atoms with van der Waals surface area (Å²) in [7, 11) is 0. The van der Waals surface area contributed by atoms with Crippen LogP contribution in [0.5, 0.6) is 0 Å². The van der Waals surface area contributed by atoms with E-state index in [0.717, 1.165) is 0 Å². The zero-order valence-electron chi connectivity index (χ0n) is 9.53. The number of aromatic nitrogens is 1. The quantitative estimate of drug-likeness (QED) is 0.857. The van der Waals surface area contributed by atoms with Gasteiger partial charge in [0.2, 0.25) is 0 Å². The normalized spacial score (nSPS) is 11.0. The minimum absolute atomic E-state index is 0.0332. The number of carbonyl (C=O) groups excluding carboxylic acids is 1. The van der Waals surface area contributed by atoms with Gasteiger partial charge >= 0.3 is 5.97 Å². The molecule has 1 amide bonds. The monoisotopic (exact) mass is 256 g/mol. The number of hydrogen-bond acceptors (Lipinski definition) is 3. The van der Waals surface area contributed by atoms with Crippen LogP contribution in [0.4, 0.5) is 0 Å². The predicted molar refractivity (Wildman–Crippen MR) is 63.0 cm³/mol. The van der Waals surface area contributed by atoms with Gasteiger partial charge in [0, 0.05) is 12.7 Å². The third-order valence-electron chi connectivity index (χ3n) is 2.23. The summed E-state index contributed by atoms with van der Waals surface area (Å²) in [4.78, 5) is 26.3. The van der Waals surface area contributed by atoms with Crippen LogP contribution in [0.3, 0.4) is 0 Å². The van der Waals surface area contributed by atoms with Gasteiger partial charge in [-0.3, -0.25) is 9.59 Å². The van der Waals surface area contributed by atoms with Crippen molar-refractivity contribution in [2.75, 3.05) is 6.54 Å². The highest BCUT2D eigenvalue weighted by molar-refractivity contribution is 6.30. The second-order valence-electron chi connectivity index (χ2n) is 4.23. The molecule has 6 heteroatoms. The number of nitrogens with one attached hydrogen (secondary N) is 1. The lowest BCUT2D eigenvalue weighted by atomic mass is 9.94. The highest BCUT2D eigenvalue weighted by atomic mass is 35.5. The number of amides is 1. The number of rotatable bonds is 4. The summed E-state index contributed by atoms with van der Waals surface area (Å²) in [6.45, 7) is 3.10. The van der Waals surface area contributed by atoms with Gasteiger partial charge in [0.1, 0.15) is 5.69 Å². The van der Waals surface area contributed by atoms with E-state index < -0.39 is 17.3 Å². The Morgan fingerprint density at radius 2 is 2.12 bits per heavy atom. The maximum Gasteiger partial charge on any atom is 0.310 e. The van der Waals surface area contributed by atoms with Gasteiger partial charge in [-0.2, -0.15) is 0 Å². The molecule has 0 bridgehead atoms. The molecule has 0 saturated carbocycles. The van der Waals surface area contributed by atoms with E-state index in [4.69, 9.17) is 16.7 Å². The largest absolute Gasteiger partial charge is 0.481 e. The van der Waals surface area contributed by atoms with Crippen molar-refractivity contribution in [2.45, 2.75) is 13.8 Å². The molecule has 0 aliphatic heterocycles. The van der Waals surface area contributed by atoms with E-state index in [9.17, 15) is 9.59 Å². The molecule has 0 aliphatic rings. The third-order valence-corrected chi connectivity index (χ3v) is 2.45. The van der Waals surface area contributed by atoms with Crippen molar-refractivity contribution in [2.24, 2.45) is 5.41 Å². The lowest BCUT2D eigenvalue weighted by Gasteiger charge is -2.19. The number of carboxylic acid groups (broad SMARTS) is 1. The molecule has 92 valence electrons. The van der Waals surface area contributed by atoms with Gasteiger partial charge in [-0.15, -0.1) is 0 Å². The van der Waals surface area contributed by atoms with E-state index in [1.807, 2.05) is 0 Å². The molecule has 1 aromatic heterocycles. The molecule has 1 heterocycles. The summed E-state index contributed by atoms with van der Waals surface area (Å²) >= 11 is 5.64. The Bertz CT molecular complexity index is 429. The summed E-state index contributed by atoms with van der Waals surface area (Å²) in [5.41, 5.74) is -0.808. The first-order chi connectivity index (χ1) is 7.83. The second-order valence-corrected chi connectivity index (χ2v) is 4.67. The van der Waals surface area contributed by atoms with Crippen LogP contribution in [0.1, 0.15) is 24.3 Å². The smallest absolute Gasteiger partial charge is 0.310 e. The molecular weight excluding hydrogens is 244 g/mol. The first kappa shape index (κ1) is 13.4. The molecule has 0 radical (unpaired) electrons. The van der Waals surface area contributed by atoms with Gasteiger partial charge in [0.25, 0.3) is 5.91 Å². The fraction of sp³-hybridized carbons (Fsp3) is 0.364. The summed E-state index contributed by atoms with van der Waals surface area (Å²) in [5.74, 6) is -1.39. The van der Waals surface area contributed by atoms with E-state index in [1.165, 1.54) is 26.1 Å². The Kier molecular flexibility index (Phi) is 4.07. The number of carboxylic acids is 1. The number of halogens is 1. The highest BCUT2D eigenvalue weighted by Gasteiger charge is 2.27. The fourth-order valence-corrected chi connectivity index (χ4v) is 1.09. The van der Waals surface area contributed by atoms with Crippen LogP contribution in [-0.2, 0) is 4.79 Å². The Balaban J connectivity index is 2.62. The lowest BCUT2D eigenvalue weighted by Crippen LogP contribution is -2.39. The average molecular weight is 257 g/mol. The van der Waals surface area contributed by atoms with Gasteiger partial charge in [-0.1, -0.05) is 11.6 Å². The Hall–Kier alpha value is -1.62. The Morgan fingerprint density at radius 1 is 1.47 bits per heavy atom. The number of hydrogen-bond donors (Lipinski definition) is 2. The molecule has 0 aliphatic carbocycles. The van der Waals surface area contributed by atoms with Crippen LogP contribution < -0.4 is 5.32 Å². The fourth-order valence-electron chi connectivity index (χ4n) is 0.978. The van der Waals surface area contributed by atoms with Crippen molar-refractivity contribution in [3.05, 3.63) is 29.0 Å². The summed E-state index contributed by atoms with van der Waals surface area (Å²) in [6, 6.07) is 3.03. The molecule has 0 saturated heterocycles. The molecule has 0 unspecified atom stereocenters. The van der Waals surface area contributed by atoms with E-state index in [1.54, 1.807) is 6.07 Å². The van der Waals surface area contributed by atoms with Gasteiger partial charge < -0.3 is 10.4 Å². The summed E-state index contributed by atoms with van der Waals surface area (Å²) in [6.07, 6.45) is 1.36. The van der Waals surface area contributed by atoms with Crippen LogP contribution in [0, 0.1) is 5.41 Å². The van der Waals surface area contributed by atoms with Gasteiger partial charge in [-0.25, -0.2) is 4.98 Å². The van der Waals surface area contributed by atoms with E-state index in [2.05, 4.69) is 10.3 Å². The molecule has 2 N–H and O–H groups in total. The van der Waals surface area contributed by atoms with Crippen molar-refractivity contribution in [3.8, 4) is 0 Å². The molecule has 0 atom stereocenters. The van der Waals surface area contributed by atoms with E-state index in [0.29, 0.717) is 5.02 Å². The van der Waals surface area contributed by atoms with Crippen molar-refractivity contribution >= 4 is 23.5 Å². The Morgan fingerprint density at radius 3 is 2.59 bits per heavy atom.